The van der Waals surface area contributed by atoms with Crippen molar-refractivity contribution in [3.63, 3.8) is 0 Å². The molecule has 0 aliphatic heterocycles. The van der Waals surface area contributed by atoms with Gasteiger partial charge in [-0.3, -0.25) is 5.10 Å². The molecule has 0 bridgehead atoms. The van der Waals surface area contributed by atoms with Crippen molar-refractivity contribution in [3.05, 3.63) is 78.4 Å². The number of nitrogens with zero attached hydrogens (tertiary/aromatic N) is 2. The number of hydrogen-bond donors (Lipinski definition) is 2. The average Bonchev–Trinajstić information content (AvgIpc) is 3.40. The maximum Gasteiger partial charge on any atom is 0.159 e. The van der Waals surface area contributed by atoms with Crippen molar-refractivity contribution in [2.75, 3.05) is 0 Å². The molecular formula is C26H24N4. The van der Waals surface area contributed by atoms with E-state index in [1.807, 2.05) is 18.2 Å². The second-order valence-corrected chi connectivity index (χ2v) is 7.60. The molecule has 0 unspecified atom stereocenters. The molecule has 0 radical (unpaired) electrons. The van der Waals surface area contributed by atoms with Crippen molar-refractivity contribution in [2.24, 2.45) is 0 Å². The van der Waals surface area contributed by atoms with Gasteiger partial charge in [-0.05, 0) is 41.3 Å². The molecule has 0 spiro atoms. The smallest absolute Gasteiger partial charge is 0.159 e. The van der Waals surface area contributed by atoms with E-state index in [1.54, 1.807) is 0 Å². The monoisotopic (exact) mass is 392 g/mol. The molecule has 2 heterocycles. The number of fused-ring (bicyclic) bond motifs is 2. The molecule has 2 aromatic heterocycles. The number of para-hydroxylation sites is 1. The van der Waals surface area contributed by atoms with Gasteiger partial charge in [0.15, 0.2) is 5.82 Å². The molecule has 0 aliphatic carbocycles. The summed E-state index contributed by atoms with van der Waals surface area (Å²) in [5, 5.41) is 8.61. The Morgan fingerprint density at radius 3 is 2.60 bits per heavy atom. The molecule has 148 valence electrons. The molecule has 4 heteroatoms. The lowest BCUT2D eigenvalue weighted by Gasteiger charge is -2.02. The molecule has 0 aliphatic rings. The van der Waals surface area contributed by atoms with Gasteiger partial charge in [-0.2, -0.15) is 5.10 Å². The summed E-state index contributed by atoms with van der Waals surface area (Å²) < 4.78 is 0. The maximum absolute atomic E-state index is 4.76. The van der Waals surface area contributed by atoms with Gasteiger partial charge in [-0.1, -0.05) is 80.4 Å². The highest BCUT2D eigenvalue weighted by Gasteiger charge is 2.12. The predicted molar refractivity (Wildman–Crippen MR) is 125 cm³/mol. The fraction of sp³-hybridized carbons (Fsp3) is 0.154. The van der Waals surface area contributed by atoms with E-state index in [-0.39, 0.29) is 0 Å². The van der Waals surface area contributed by atoms with Crippen molar-refractivity contribution >= 4 is 28.0 Å². The summed E-state index contributed by atoms with van der Waals surface area (Å²) in [6, 6.07) is 23.2. The second-order valence-electron chi connectivity index (χ2n) is 7.60. The Hall–Kier alpha value is -3.66. The molecule has 5 aromatic rings. The summed E-state index contributed by atoms with van der Waals surface area (Å²) in [5.74, 6) is 0.784. The van der Waals surface area contributed by atoms with Gasteiger partial charge in [-0.25, -0.2) is 4.98 Å². The van der Waals surface area contributed by atoms with E-state index in [4.69, 9.17) is 4.98 Å². The van der Waals surface area contributed by atoms with Crippen molar-refractivity contribution in [3.8, 4) is 22.6 Å². The number of unbranched alkanes of at least 4 members (excludes halogenated alkanes) is 2. The molecule has 4 nitrogen and oxygen atoms in total. The third kappa shape index (κ3) is 3.52. The van der Waals surface area contributed by atoms with E-state index in [2.05, 4.69) is 82.8 Å². The zero-order chi connectivity index (χ0) is 20.3. The van der Waals surface area contributed by atoms with Crippen LogP contribution in [0.15, 0.2) is 72.8 Å². The van der Waals surface area contributed by atoms with E-state index in [9.17, 15) is 0 Å². The van der Waals surface area contributed by atoms with Crippen LogP contribution >= 0.6 is 0 Å². The average molecular weight is 393 g/mol. The van der Waals surface area contributed by atoms with Crippen LogP contribution in [0.5, 0.6) is 0 Å². The van der Waals surface area contributed by atoms with Crippen LogP contribution in [0.4, 0.5) is 0 Å². The fourth-order valence-electron chi connectivity index (χ4n) is 3.77. The first-order valence-corrected chi connectivity index (χ1v) is 10.5. The summed E-state index contributed by atoms with van der Waals surface area (Å²) in [6.45, 7) is 2.22. The standard InChI is InChI=1S/C26H24N4/c1-2-3-4-5-8-18-11-13-19(14-12-18)20-15-16-23-24(17-20)28-26(27-23)25-21-9-6-7-10-22(21)29-30-25/h5-17H,2-4H2,1H3,(H,27,28)(H,29,30)/b8-5+. The van der Waals surface area contributed by atoms with Crippen LogP contribution in [-0.4, -0.2) is 20.2 Å². The molecule has 0 atom stereocenters. The van der Waals surface area contributed by atoms with Gasteiger partial charge in [0.2, 0.25) is 0 Å². The largest absolute Gasteiger partial charge is 0.337 e. The second kappa shape index (κ2) is 7.99. The predicted octanol–water partition coefficient (Wildman–Crippen LogP) is 6.98. The van der Waals surface area contributed by atoms with Gasteiger partial charge >= 0.3 is 0 Å². The Morgan fingerprint density at radius 2 is 1.73 bits per heavy atom. The van der Waals surface area contributed by atoms with Gasteiger partial charge in [0.25, 0.3) is 0 Å². The molecule has 0 saturated carbocycles. The van der Waals surface area contributed by atoms with Gasteiger partial charge in [0, 0.05) is 5.39 Å². The SMILES string of the molecule is CCCC/C=C/c1ccc(-c2ccc3nc(-c4n[nH]c5ccccc45)[nH]c3c2)cc1. The molecule has 30 heavy (non-hydrogen) atoms. The van der Waals surface area contributed by atoms with E-state index in [0.717, 1.165) is 39.9 Å². The van der Waals surface area contributed by atoms with Gasteiger partial charge in [-0.15, -0.1) is 0 Å². The van der Waals surface area contributed by atoms with E-state index >= 15 is 0 Å². The van der Waals surface area contributed by atoms with Crippen LogP contribution in [-0.2, 0) is 0 Å². The molecule has 5 rings (SSSR count). The summed E-state index contributed by atoms with van der Waals surface area (Å²) in [6.07, 6.45) is 8.09. The summed E-state index contributed by atoms with van der Waals surface area (Å²) in [5.41, 5.74) is 7.43. The summed E-state index contributed by atoms with van der Waals surface area (Å²) >= 11 is 0. The first kappa shape index (κ1) is 18.4. The first-order valence-electron chi connectivity index (χ1n) is 10.5. The number of allylic oxidation sites excluding steroid dienone is 1. The summed E-state index contributed by atoms with van der Waals surface area (Å²) in [4.78, 5) is 8.20. The van der Waals surface area contributed by atoms with Crippen LogP contribution in [0.3, 0.4) is 0 Å². The molecule has 0 amide bonds. The number of H-pyrrole nitrogens is 2. The Labute approximate surface area is 175 Å². The van der Waals surface area contributed by atoms with Gasteiger partial charge in [0.1, 0.15) is 5.69 Å². The third-order valence-electron chi connectivity index (χ3n) is 5.46. The van der Waals surface area contributed by atoms with Gasteiger partial charge < -0.3 is 4.98 Å². The lowest BCUT2D eigenvalue weighted by Crippen LogP contribution is -1.81. The minimum atomic E-state index is 0.784. The van der Waals surface area contributed by atoms with E-state index < -0.39 is 0 Å². The van der Waals surface area contributed by atoms with Crippen LogP contribution in [0.25, 0.3) is 50.7 Å². The Kier molecular flexibility index (Phi) is 4.89. The lowest BCUT2D eigenvalue weighted by molar-refractivity contribution is 0.816. The zero-order valence-electron chi connectivity index (χ0n) is 17.0. The molecular weight excluding hydrogens is 368 g/mol. The van der Waals surface area contributed by atoms with Crippen molar-refractivity contribution in [2.45, 2.75) is 26.2 Å². The number of benzene rings is 3. The van der Waals surface area contributed by atoms with E-state index in [1.165, 1.54) is 29.5 Å². The number of aromatic amines is 2. The molecule has 2 N–H and O–H groups in total. The highest BCUT2D eigenvalue weighted by molar-refractivity contribution is 5.93. The Morgan fingerprint density at radius 1 is 0.900 bits per heavy atom. The number of aromatic nitrogens is 4. The fourth-order valence-corrected chi connectivity index (χ4v) is 3.77. The van der Waals surface area contributed by atoms with Crippen molar-refractivity contribution in [1.82, 2.24) is 20.2 Å². The molecule has 0 fully saturated rings. The zero-order valence-corrected chi connectivity index (χ0v) is 17.0. The lowest BCUT2D eigenvalue weighted by atomic mass is 10.0. The van der Waals surface area contributed by atoms with Crippen molar-refractivity contribution < 1.29 is 0 Å². The quantitative estimate of drug-likeness (QED) is 0.306. The minimum Gasteiger partial charge on any atom is -0.337 e. The van der Waals surface area contributed by atoms with Crippen LogP contribution in [0.1, 0.15) is 31.7 Å². The Bertz CT molecular complexity index is 1320. The number of hydrogen-bond acceptors (Lipinski definition) is 2. The topological polar surface area (TPSA) is 57.4 Å². The van der Waals surface area contributed by atoms with Crippen LogP contribution in [0, 0.1) is 0 Å². The number of imidazole rings is 1. The highest BCUT2D eigenvalue weighted by atomic mass is 15.1. The van der Waals surface area contributed by atoms with Crippen LogP contribution < -0.4 is 0 Å². The summed E-state index contributed by atoms with van der Waals surface area (Å²) in [7, 11) is 0. The third-order valence-corrected chi connectivity index (χ3v) is 5.46. The van der Waals surface area contributed by atoms with Gasteiger partial charge in [0.05, 0.1) is 16.6 Å². The molecule has 0 saturated heterocycles. The minimum absolute atomic E-state index is 0.784. The first-order chi connectivity index (χ1) is 14.8. The highest BCUT2D eigenvalue weighted by Crippen LogP contribution is 2.28. The normalized spacial score (nSPS) is 11.8. The van der Waals surface area contributed by atoms with Crippen molar-refractivity contribution in [1.29, 1.82) is 0 Å². The molecule has 3 aromatic carbocycles. The number of nitrogens with one attached hydrogen (secondary N) is 2. The number of rotatable bonds is 6. The Balaban J connectivity index is 1.43. The maximum atomic E-state index is 4.76. The van der Waals surface area contributed by atoms with E-state index in [0.29, 0.717) is 0 Å². The van der Waals surface area contributed by atoms with Crippen LogP contribution in [0.2, 0.25) is 0 Å².